The molecule has 0 aliphatic rings. The summed E-state index contributed by atoms with van der Waals surface area (Å²) in [7, 11) is 1.59. The molecule has 0 saturated heterocycles. The SMILES string of the molecule is Cn1c(=O)n(CC(=O)O)c2ncccc21. The number of hydrogen-bond acceptors (Lipinski definition) is 3. The molecule has 0 saturated carbocycles. The van der Waals surface area contributed by atoms with Crippen LogP contribution in [-0.4, -0.2) is 25.2 Å². The van der Waals surface area contributed by atoms with Crippen molar-refractivity contribution in [3.05, 3.63) is 28.8 Å². The molecule has 0 radical (unpaired) electrons. The molecule has 2 aromatic rings. The normalized spacial score (nSPS) is 10.7. The Morgan fingerprint density at radius 3 is 3.00 bits per heavy atom. The Hall–Kier alpha value is -2.11. The zero-order chi connectivity index (χ0) is 11.0. The van der Waals surface area contributed by atoms with Gasteiger partial charge in [0.1, 0.15) is 6.54 Å². The summed E-state index contributed by atoms with van der Waals surface area (Å²) in [6.45, 7) is -0.368. The second-order valence-corrected chi connectivity index (χ2v) is 3.17. The highest BCUT2D eigenvalue weighted by atomic mass is 16.4. The van der Waals surface area contributed by atoms with E-state index in [9.17, 15) is 9.59 Å². The molecule has 6 nitrogen and oxygen atoms in total. The second kappa shape index (κ2) is 3.23. The van der Waals surface area contributed by atoms with Gasteiger partial charge in [-0.1, -0.05) is 0 Å². The average Bonchev–Trinajstić information content (AvgIpc) is 2.44. The molecule has 0 spiro atoms. The zero-order valence-electron chi connectivity index (χ0n) is 8.04. The molecule has 0 fully saturated rings. The fourth-order valence-electron chi connectivity index (χ4n) is 1.51. The van der Waals surface area contributed by atoms with Crippen LogP contribution in [0, 0.1) is 0 Å². The fraction of sp³-hybridized carbons (Fsp3) is 0.222. The van der Waals surface area contributed by atoms with Gasteiger partial charge in [0, 0.05) is 13.2 Å². The largest absolute Gasteiger partial charge is 0.480 e. The van der Waals surface area contributed by atoms with Crippen molar-refractivity contribution in [2.75, 3.05) is 0 Å². The first kappa shape index (κ1) is 9.45. The van der Waals surface area contributed by atoms with E-state index in [0.717, 1.165) is 4.57 Å². The van der Waals surface area contributed by atoms with Gasteiger partial charge in [-0.25, -0.2) is 9.78 Å². The van der Waals surface area contributed by atoms with Gasteiger partial charge in [0.2, 0.25) is 0 Å². The van der Waals surface area contributed by atoms with Crippen molar-refractivity contribution in [1.82, 2.24) is 14.1 Å². The van der Waals surface area contributed by atoms with Crippen LogP contribution in [-0.2, 0) is 18.4 Å². The van der Waals surface area contributed by atoms with Crippen LogP contribution in [0.3, 0.4) is 0 Å². The van der Waals surface area contributed by atoms with Crippen molar-refractivity contribution in [2.24, 2.45) is 7.05 Å². The molecule has 0 aliphatic carbocycles. The van der Waals surface area contributed by atoms with Gasteiger partial charge in [0.05, 0.1) is 5.52 Å². The Morgan fingerprint density at radius 2 is 2.33 bits per heavy atom. The van der Waals surface area contributed by atoms with Crippen LogP contribution in [0.5, 0.6) is 0 Å². The van der Waals surface area contributed by atoms with E-state index in [1.165, 1.54) is 10.8 Å². The molecule has 0 unspecified atom stereocenters. The minimum Gasteiger partial charge on any atom is -0.480 e. The maximum absolute atomic E-state index is 11.6. The highest BCUT2D eigenvalue weighted by molar-refractivity contribution is 5.74. The average molecular weight is 207 g/mol. The van der Waals surface area contributed by atoms with Gasteiger partial charge in [0.25, 0.3) is 0 Å². The van der Waals surface area contributed by atoms with E-state index in [0.29, 0.717) is 11.2 Å². The van der Waals surface area contributed by atoms with Crippen molar-refractivity contribution in [3.63, 3.8) is 0 Å². The summed E-state index contributed by atoms with van der Waals surface area (Å²) >= 11 is 0. The van der Waals surface area contributed by atoms with Crippen molar-refractivity contribution >= 4 is 17.1 Å². The smallest absolute Gasteiger partial charge is 0.330 e. The molecular weight excluding hydrogens is 198 g/mol. The van der Waals surface area contributed by atoms with Gasteiger partial charge in [-0.15, -0.1) is 0 Å². The standard InChI is InChI=1S/C9H9N3O3/c1-11-6-3-2-4-10-8(6)12(9(11)15)5-7(13)14/h2-4H,5H2,1H3,(H,13,14). The molecule has 0 bridgehead atoms. The van der Waals surface area contributed by atoms with Crippen LogP contribution < -0.4 is 5.69 Å². The van der Waals surface area contributed by atoms with Gasteiger partial charge >= 0.3 is 11.7 Å². The number of aliphatic carboxylic acids is 1. The maximum atomic E-state index is 11.6. The number of carboxylic acids is 1. The topological polar surface area (TPSA) is 77.1 Å². The zero-order valence-corrected chi connectivity index (χ0v) is 8.04. The predicted octanol–water partition coefficient (Wildman–Crippen LogP) is -0.180. The molecule has 0 amide bonds. The molecule has 2 heterocycles. The molecule has 78 valence electrons. The molecular formula is C9H9N3O3. The van der Waals surface area contributed by atoms with Gasteiger partial charge in [0.15, 0.2) is 5.65 Å². The molecule has 2 rings (SSSR count). The van der Waals surface area contributed by atoms with Crippen molar-refractivity contribution in [2.45, 2.75) is 6.54 Å². The van der Waals surface area contributed by atoms with Crippen LogP contribution >= 0.6 is 0 Å². The summed E-state index contributed by atoms with van der Waals surface area (Å²) in [5, 5.41) is 8.66. The van der Waals surface area contributed by atoms with Crippen LogP contribution in [0.15, 0.2) is 23.1 Å². The lowest BCUT2D eigenvalue weighted by Crippen LogP contribution is -2.25. The first-order chi connectivity index (χ1) is 7.11. The van der Waals surface area contributed by atoms with E-state index < -0.39 is 5.97 Å². The lowest BCUT2D eigenvalue weighted by Gasteiger charge is -1.95. The van der Waals surface area contributed by atoms with E-state index in [4.69, 9.17) is 5.11 Å². The van der Waals surface area contributed by atoms with E-state index in [1.807, 2.05) is 0 Å². The van der Waals surface area contributed by atoms with Gasteiger partial charge < -0.3 is 5.11 Å². The van der Waals surface area contributed by atoms with E-state index >= 15 is 0 Å². The number of aromatic nitrogens is 3. The Labute approximate surface area is 84.4 Å². The minimum absolute atomic E-state index is 0.368. The highest BCUT2D eigenvalue weighted by Crippen LogP contribution is 2.07. The third-order valence-corrected chi connectivity index (χ3v) is 2.19. The summed E-state index contributed by atoms with van der Waals surface area (Å²) in [5.74, 6) is -1.06. The first-order valence-corrected chi connectivity index (χ1v) is 4.33. The number of hydrogen-bond donors (Lipinski definition) is 1. The summed E-state index contributed by atoms with van der Waals surface area (Å²) in [6, 6.07) is 3.43. The van der Waals surface area contributed by atoms with Crippen LogP contribution in [0.25, 0.3) is 11.2 Å². The Bertz CT molecular complexity index is 582. The molecule has 1 N–H and O–H groups in total. The van der Waals surface area contributed by atoms with E-state index in [2.05, 4.69) is 4.98 Å². The second-order valence-electron chi connectivity index (χ2n) is 3.17. The van der Waals surface area contributed by atoms with Crippen molar-refractivity contribution in [1.29, 1.82) is 0 Å². The van der Waals surface area contributed by atoms with Crippen LogP contribution in [0.1, 0.15) is 0 Å². The number of carbonyl (C=O) groups is 1. The van der Waals surface area contributed by atoms with Crippen molar-refractivity contribution < 1.29 is 9.90 Å². The number of aryl methyl sites for hydroxylation is 1. The highest BCUT2D eigenvalue weighted by Gasteiger charge is 2.12. The van der Waals surface area contributed by atoms with Crippen molar-refractivity contribution in [3.8, 4) is 0 Å². The summed E-state index contributed by atoms with van der Waals surface area (Å²) in [6.07, 6.45) is 1.53. The minimum atomic E-state index is -1.06. The molecule has 0 atom stereocenters. The molecule has 0 aromatic carbocycles. The quantitative estimate of drug-likeness (QED) is 0.741. The molecule has 2 aromatic heterocycles. The summed E-state index contributed by atoms with van der Waals surface area (Å²) in [4.78, 5) is 26.2. The number of nitrogens with zero attached hydrogens (tertiary/aromatic N) is 3. The Balaban J connectivity index is 2.78. The monoisotopic (exact) mass is 207 g/mol. The third kappa shape index (κ3) is 1.39. The predicted molar refractivity (Wildman–Crippen MR) is 52.6 cm³/mol. The number of pyridine rings is 1. The summed E-state index contributed by atoms with van der Waals surface area (Å²) < 4.78 is 2.52. The number of imidazole rings is 1. The Morgan fingerprint density at radius 1 is 1.60 bits per heavy atom. The van der Waals surface area contributed by atoms with E-state index in [-0.39, 0.29) is 12.2 Å². The molecule has 6 heteroatoms. The summed E-state index contributed by atoms with van der Waals surface area (Å²) in [5.41, 5.74) is 0.655. The molecule has 15 heavy (non-hydrogen) atoms. The first-order valence-electron chi connectivity index (χ1n) is 4.33. The van der Waals surface area contributed by atoms with Gasteiger partial charge in [-0.3, -0.25) is 13.9 Å². The third-order valence-electron chi connectivity index (χ3n) is 2.19. The lowest BCUT2D eigenvalue weighted by molar-refractivity contribution is -0.137. The number of rotatable bonds is 2. The lowest BCUT2D eigenvalue weighted by atomic mass is 10.4. The number of fused-ring (bicyclic) bond motifs is 1. The van der Waals surface area contributed by atoms with E-state index in [1.54, 1.807) is 19.2 Å². The van der Waals surface area contributed by atoms with Crippen LogP contribution in [0.4, 0.5) is 0 Å². The number of carboxylic acid groups (broad SMARTS) is 1. The van der Waals surface area contributed by atoms with Crippen LogP contribution in [0.2, 0.25) is 0 Å². The Kier molecular flexibility index (Phi) is 2.03. The van der Waals surface area contributed by atoms with Gasteiger partial charge in [-0.2, -0.15) is 0 Å². The molecule has 0 aliphatic heterocycles. The fourth-order valence-corrected chi connectivity index (χ4v) is 1.51. The maximum Gasteiger partial charge on any atom is 0.330 e. The van der Waals surface area contributed by atoms with Gasteiger partial charge in [-0.05, 0) is 12.1 Å².